The van der Waals surface area contributed by atoms with Gasteiger partial charge in [0.2, 0.25) is 0 Å². The fourth-order valence-electron chi connectivity index (χ4n) is 2.02. The van der Waals surface area contributed by atoms with Crippen LogP contribution in [0.4, 0.5) is 0 Å². The summed E-state index contributed by atoms with van der Waals surface area (Å²) in [6, 6.07) is 14.7. The molecule has 23 heavy (non-hydrogen) atoms. The summed E-state index contributed by atoms with van der Waals surface area (Å²) < 4.78 is 1.08. The third-order valence-electron chi connectivity index (χ3n) is 3.14. The molecule has 0 spiro atoms. The van der Waals surface area contributed by atoms with E-state index in [1.165, 1.54) is 11.8 Å². The number of thioether (sulfide) groups is 1. The molecule has 3 rings (SSSR count). The molecule has 0 fully saturated rings. The minimum absolute atomic E-state index is 0.204. The van der Waals surface area contributed by atoms with Gasteiger partial charge in [0.25, 0.3) is 0 Å². The third-order valence-corrected chi connectivity index (χ3v) is 6.47. The SMILES string of the molecule is O=C(O)c1ccccc1SCc1c[se]c(-c2ccc(Cl)cc2)n1. The number of benzene rings is 2. The van der Waals surface area contributed by atoms with Gasteiger partial charge in [-0.05, 0) is 0 Å². The topological polar surface area (TPSA) is 50.2 Å². The molecule has 2 aromatic carbocycles. The molecule has 0 aliphatic carbocycles. The number of hydrogen-bond donors (Lipinski definition) is 1. The van der Waals surface area contributed by atoms with Gasteiger partial charge in [0.05, 0.1) is 0 Å². The molecule has 0 atom stereocenters. The van der Waals surface area contributed by atoms with Crippen LogP contribution in [0.3, 0.4) is 0 Å². The van der Waals surface area contributed by atoms with Crippen molar-refractivity contribution in [3.05, 3.63) is 69.8 Å². The Labute approximate surface area is 149 Å². The van der Waals surface area contributed by atoms with E-state index in [2.05, 4.69) is 9.92 Å². The fourth-order valence-corrected chi connectivity index (χ4v) is 5.05. The molecule has 0 unspecified atom stereocenters. The molecule has 0 saturated carbocycles. The molecule has 0 radical (unpaired) electrons. The minimum atomic E-state index is -0.900. The first-order valence-electron chi connectivity index (χ1n) is 6.79. The molecule has 0 aliphatic heterocycles. The normalized spacial score (nSPS) is 10.7. The number of nitrogens with zero attached hydrogens (tertiary/aromatic N) is 1. The first kappa shape index (κ1) is 16.3. The van der Waals surface area contributed by atoms with Gasteiger partial charge in [-0.2, -0.15) is 0 Å². The Kier molecular flexibility index (Phi) is 5.23. The summed E-state index contributed by atoms with van der Waals surface area (Å²) in [5.74, 6) is -0.230. The molecular formula is C17H12ClNO2SSe. The zero-order chi connectivity index (χ0) is 16.2. The number of aromatic nitrogens is 1. The van der Waals surface area contributed by atoms with Crippen molar-refractivity contribution in [3.63, 3.8) is 0 Å². The van der Waals surface area contributed by atoms with E-state index in [4.69, 9.17) is 11.6 Å². The maximum atomic E-state index is 11.2. The third kappa shape index (κ3) is 4.06. The van der Waals surface area contributed by atoms with Gasteiger partial charge in [-0.3, -0.25) is 0 Å². The van der Waals surface area contributed by atoms with E-state index in [1.807, 2.05) is 36.4 Å². The van der Waals surface area contributed by atoms with Gasteiger partial charge in [0.15, 0.2) is 0 Å². The first-order valence-corrected chi connectivity index (χ1v) is 10.00. The number of aromatic carboxylic acids is 1. The number of halogens is 1. The summed E-state index contributed by atoms with van der Waals surface area (Å²) in [5, 5.41) is 9.92. The van der Waals surface area contributed by atoms with Crippen LogP contribution >= 0.6 is 23.4 Å². The van der Waals surface area contributed by atoms with Gasteiger partial charge in [0.1, 0.15) is 0 Å². The van der Waals surface area contributed by atoms with Crippen LogP contribution in [0.1, 0.15) is 16.1 Å². The van der Waals surface area contributed by atoms with Crippen molar-refractivity contribution >= 4 is 43.8 Å². The predicted octanol–water partition coefficient (Wildman–Crippen LogP) is 4.45. The van der Waals surface area contributed by atoms with Gasteiger partial charge >= 0.3 is 149 Å². The molecule has 3 nitrogen and oxygen atoms in total. The van der Waals surface area contributed by atoms with Crippen LogP contribution in [-0.4, -0.2) is 30.6 Å². The molecule has 0 saturated heterocycles. The Bertz CT molecular complexity index is 833. The Hall–Kier alpha value is -1.52. The van der Waals surface area contributed by atoms with Gasteiger partial charge in [-0.1, -0.05) is 0 Å². The van der Waals surface area contributed by atoms with Crippen molar-refractivity contribution in [2.24, 2.45) is 0 Å². The van der Waals surface area contributed by atoms with E-state index in [0.717, 1.165) is 20.7 Å². The summed E-state index contributed by atoms with van der Waals surface area (Å²) in [4.78, 5) is 18.8. The van der Waals surface area contributed by atoms with E-state index in [-0.39, 0.29) is 14.5 Å². The molecule has 0 aliphatic rings. The summed E-state index contributed by atoms with van der Waals surface area (Å²) >= 11 is 7.62. The predicted molar refractivity (Wildman–Crippen MR) is 94.6 cm³/mol. The van der Waals surface area contributed by atoms with Gasteiger partial charge in [0, 0.05) is 0 Å². The zero-order valence-electron chi connectivity index (χ0n) is 11.9. The van der Waals surface area contributed by atoms with Crippen LogP contribution in [0.2, 0.25) is 5.02 Å². The van der Waals surface area contributed by atoms with Crippen LogP contribution in [-0.2, 0) is 5.75 Å². The second kappa shape index (κ2) is 7.37. The summed E-state index contributed by atoms with van der Waals surface area (Å²) in [7, 11) is 0. The Morgan fingerprint density at radius 1 is 1.17 bits per heavy atom. The Morgan fingerprint density at radius 3 is 2.65 bits per heavy atom. The van der Waals surface area contributed by atoms with Crippen LogP contribution in [0, 0.1) is 0 Å². The molecule has 0 amide bonds. The number of hydrogen-bond acceptors (Lipinski definition) is 3. The molecule has 6 heteroatoms. The van der Waals surface area contributed by atoms with Crippen LogP contribution in [0.15, 0.2) is 58.4 Å². The average Bonchev–Trinajstić information content (AvgIpc) is 3.03. The molecule has 1 N–H and O–H groups in total. The first-order chi connectivity index (χ1) is 11.1. The van der Waals surface area contributed by atoms with Gasteiger partial charge < -0.3 is 0 Å². The Morgan fingerprint density at radius 2 is 1.91 bits per heavy atom. The molecule has 1 heterocycles. The quantitative estimate of drug-likeness (QED) is 0.500. The number of carbonyl (C=O) groups is 1. The van der Waals surface area contributed by atoms with Crippen LogP contribution < -0.4 is 0 Å². The van der Waals surface area contributed by atoms with E-state index in [1.54, 1.807) is 12.1 Å². The zero-order valence-corrected chi connectivity index (χ0v) is 15.2. The van der Waals surface area contributed by atoms with Crippen LogP contribution in [0.25, 0.3) is 10.1 Å². The van der Waals surface area contributed by atoms with Crippen molar-refractivity contribution in [1.82, 2.24) is 4.98 Å². The van der Waals surface area contributed by atoms with Crippen molar-refractivity contribution in [2.45, 2.75) is 10.6 Å². The number of carboxylic acid groups (broad SMARTS) is 1. The van der Waals surface area contributed by atoms with Gasteiger partial charge in [-0.25, -0.2) is 0 Å². The molecule has 116 valence electrons. The van der Waals surface area contributed by atoms with E-state index in [0.29, 0.717) is 16.3 Å². The van der Waals surface area contributed by atoms with E-state index < -0.39 is 5.97 Å². The average molecular weight is 409 g/mol. The second-order valence-corrected chi connectivity index (χ2v) is 7.99. The summed E-state index contributed by atoms with van der Waals surface area (Å²) in [6.07, 6.45) is 0. The monoisotopic (exact) mass is 409 g/mol. The summed E-state index contributed by atoms with van der Waals surface area (Å²) in [6.45, 7) is 0. The molecule has 1 aromatic heterocycles. The maximum absolute atomic E-state index is 11.2. The van der Waals surface area contributed by atoms with Gasteiger partial charge in [-0.15, -0.1) is 0 Å². The molecule has 0 bridgehead atoms. The van der Waals surface area contributed by atoms with Crippen molar-refractivity contribution < 1.29 is 9.90 Å². The molecular weight excluding hydrogens is 397 g/mol. The second-order valence-electron chi connectivity index (χ2n) is 4.74. The van der Waals surface area contributed by atoms with Crippen molar-refractivity contribution in [2.75, 3.05) is 0 Å². The van der Waals surface area contributed by atoms with E-state index >= 15 is 0 Å². The molecule has 3 aromatic rings. The fraction of sp³-hybridized carbons (Fsp3) is 0.0588. The number of rotatable bonds is 5. The standard InChI is InChI=1S/C17H12ClNO2SSe/c18-12-7-5-11(6-8-12)16-19-13(10-23-16)9-22-15-4-2-1-3-14(15)17(20)21/h1-8,10H,9H2,(H,20,21). The van der Waals surface area contributed by atoms with Crippen molar-refractivity contribution in [1.29, 1.82) is 0 Å². The van der Waals surface area contributed by atoms with E-state index in [9.17, 15) is 9.90 Å². The number of carboxylic acids is 1. The van der Waals surface area contributed by atoms with Crippen molar-refractivity contribution in [3.8, 4) is 10.1 Å². The summed E-state index contributed by atoms with van der Waals surface area (Å²) in [5.41, 5.74) is 2.43. The Balaban J connectivity index is 1.73. The van der Waals surface area contributed by atoms with Crippen LogP contribution in [0.5, 0.6) is 0 Å².